The van der Waals surface area contributed by atoms with Gasteiger partial charge < -0.3 is 30.2 Å². The van der Waals surface area contributed by atoms with Gasteiger partial charge in [-0.1, -0.05) is 25.5 Å². The summed E-state index contributed by atoms with van der Waals surface area (Å²) in [6.07, 6.45) is 2.27. The van der Waals surface area contributed by atoms with E-state index < -0.39 is 0 Å². The molecule has 7 heteroatoms. The van der Waals surface area contributed by atoms with Gasteiger partial charge in [0.05, 0.1) is 33.0 Å². The second-order valence-electron chi connectivity index (χ2n) is 6.32. The first-order valence-corrected chi connectivity index (χ1v) is 10.3. The summed E-state index contributed by atoms with van der Waals surface area (Å²) in [5.41, 5.74) is 2.25. The molecule has 0 fully saturated rings. The van der Waals surface area contributed by atoms with E-state index in [0.717, 1.165) is 49.7 Å². The van der Waals surface area contributed by atoms with Crippen molar-refractivity contribution in [1.82, 2.24) is 10.6 Å². The number of unbranched alkanes of at least 4 members (excludes halogenated alkanes) is 1. The predicted molar refractivity (Wildman–Crippen MR) is 116 cm³/mol. The molecule has 0 aliphatic carbocycles. The molecule has 0 unspecified atom stereocenters. The first-order chi connectivity index (χ1) is 13.8. The number of nitrogens with zero attached hydrogens (tertiary/aromatic N) is 1. The Morgan fingerprint density at radius 1 is 0.893 bits per heavy atom. The minimum Gasteiger partial charge on any atom is -0.383 e. The molecule has 160 valence electrons. The monoisotopic (exact) mass is 394 g/mol. The van der Waals surface area contributed by atoms with Gasteiger partial charge in [-0.2, -0.15) is 0 Å². The molecular weight excluding hydrogens is 356 g/mol. The largest absolute Gasteiger partial charge is 0.383 e. The van der Waals surface area contributed by atoms with Crippen LogP contribution in [0.15, 0.2) is 29.3 Å². The zero-order chi connectivity index (χ0) is 20.3. The number of ether oxygens (including phenoxy) is 3. The van der Waals surface area contributed by atoms with Crippen LogP contribution in [0.1, 0.15) is 32.3 Å². The van der Waals surface area contributed by atoms with Gasteiger partial charge in [0.2, 0.25) is 0 Å². The van der Waals surface area contributed by atoms with Crippen LogP contribution in [0.25, 0.3) is 0 Å². The molecule has 0 spiro atoms. The number of hydrogen-bond donors (Lipinski definition) is 3. The van der Waals surface area contributed by atoms with Gasteiger partial charge in [0.1, 0.15) is 0 Å². The molecule has 3 N–H and O–H groups in total. The van der Waals surface area contributed by atoms with Crippen molar-refractivity contribution in [2.75, 3.05) is 65.1 Å². The van der Waals surface area contributed by atoms with Crippen LogP contribution in [0, 0.1) is 0 Å². The van der Waals surface area contributed by atoms with Gasteiger partial charge in [-0.15, -0.1) is 0 Å². The minimum absolute atomic E-state index is 0.625. The Hall–Kier alpha value is -1.83. The van der Waals surface area contributed by atoms with Gasteiger partial charge >= 0.3 is 0 Å². The molecule has 0 radical (unpaired) electrons. The number of nitrogens with one attached hydrogen (secondary N) is 3. The number of rotatable bonds is 16. The summed E-state index contributed by atoms with van der Waals surface area (Å²) < 4.78 is 16.1. The molecule has 1 aromatic carbocycles. The Labute approximate surface area is 170 Å². The summed E-state index contributed by atoms with van der Waals surface area (Å²) in [7, 11) is 1.70. The van der Waals surface area contributed by atoms with Gasteiger partial charge in [-0.05, 0) is 31.0 Å². The van der Waals surface area contributed by atoms with E-state index in [2.05, 4.69) is 59.1 Å². The van der Waals surface area contributed by atoms with E-state index in [-0.39, 0.29) is 0 Å². The minimum atomic E-state index is 0.625. The molecule has 0 aliphatic rings. The Bertz CT molecular complexity index is 509. The Morgan fingerprint density at radius 2 is 1.64 bits per heavy atom. The third-order valence-electron chi connectivity index (χ3n) is 3.91. The van der Waals surface area contributed by atoms with Crippen LogP contribution < -0.4 is 16.0 Å². The fourth-order valence-corrected chi connectivity index (χ4v) is 2.35. The molecule has 0 saturated carbocycles. The van der Waals surface area contributed by atoms with Crippen LogP contribution in [-0.2, 0) is 20.8 Å². The summed E-state index contributed by atoms with van der Waals surface area (Å²) in [6, 6.07) is 8.31. The SMILES string of the molecule is CCCCOCCOCCNC(=NCc1ccc(NCCOC)cc1)NCC. The molecule has 1 aromatic rings. The number of benzene rings is 1. The van der Waals surface area contributed by atoms with E-state index in [1.165, 1.54) is 0 Å². The maximum atomic E-state index is 5.57. The van der Waals surface area contributed by atoms with E-state index in [4.69, 9.17) is 14.2 Å². The number of methoxy groups -OCH3 is 1. The molecule has 0 bridgehead atoms. The fourth-order valence-electron chi connectivity index (χ4n) is 2.35. The lowest BCUT2D eigenvalue weighted by Crippen LogP contribution is -2.39. The summed E-state index contributed by atoms with van der Waals surface area (Å²) in [5, 5.41) is 9.86. The maximum absolute atomic E-state index is 5.57. The van der Waals surface area contributed by atoms with Crippen molar-refractivity contribution in [3.05, 3.63) is 29.8 Å². The van der Waals surface area contributed by atoms with Crippen molar-refractivity contribution in [2.24, 2.45) is 4.99 Å². The first kappa shape index (κ1) is 24.2. The van der Waals surface area contributed by atoms with E-state index in [0.29, 0.717) is 39.5 Å². The molecule has 0 saturated heterocycles. The van der Waals surface area contributed by atoms with Crippen molar-refractivity contribution in [3.8, 4) is 0 Å². The van der Waals surface area contributed by atoms with Crippen molar-refractivity contribution >= 4 is 11.6 Å². The van der Waals surface area contributed by atoms with Crippen LogP contribution in [0.3, 0.4) is 0 Å². The van der Waals surface area contributed by atoms with Crippen LogP contribution in [0.4, 0.5) is 5.69 Å². The molecule has 0 atom stereocenters. The lowest BCUT2D eigenvalue weighted by molar-refractivity contribution is 0.0487. The molecule has 7 nitrogen and oxygen atoms in total. The molecule has 28 heavy (non-hydrogen) atoms. The average Bonchev–Trinajstić information content (AvgIpc) is 2.72. The highest BCUT2D eigenvalue weighted by Gasteiger charge is 1.99. The second kappa shape index (κ2) is 17.3. The molecule has 1 rings (SSSR count). The summed E-state index contributed by atoms with van der Waals surface area (Å²) in [6.45, 7) is 10.6. The van der Waals surface area contributed by atoms with Gasteiger partial charge in [0.15, 0.2) is 5.96 Å². The fraction of sp³-hybridized carbons (Fsp3) is 0.667. The molecule has 0 aromatic heterocycles. The number of guanidine groups is 1. The summed E-state index contributed by atoms with van der Waals surface area (Å²) in [5.74, 6) is 0.799. The highest BCUT2D eigenvalue weighted by atomic mass is 16.5. The molecule has 0 heterocycles. The van der Waals surface area contributed by atoms with Gasteiger partial charge in [0.25, 0.3) is 0 Å². The summed E-state index contributed by atoms with van der Waals surface area (Å²) in [4.78, 5) is 4.63. The number of anilines is 1. The van der Waals surface area contributed by atoms with E-state index in [1.54, 1.807) is 7.11 Å². The summed E-state index contributed by atoms with van der Waals surface area (Å²) >= 11 is 0. The topological polar surface area (TPSA) is 76.1 Å². The standard InChI is InChI=1S/C21H38N4O3/c1-4-6-13-27-16-17-28-15-12-24-21(22-5-2)25-18-19-7-9-20(10-8-19)23-11-14-26-3/h7-10,23H,4-6,11-18H2,1-3H3,(H2,22,24,25). The zero-order valence-corrected chi connectivity index (χ0v) is 17.8. The van der Waals surface area contributed by atoms with E-state index in [9.17, 15) is 0 Å². The third kappa shape index (κ3) is 12.5. The van der Waals surface area contributed by atoms with Gasteiger partial charge in [0, 0.05) is 39.0 Å². The van der Waals surface area contributed by atoms with Crippen molar-refractivity contribution in [2.45, 2.75) is 33.2 Å². The highest BCUT2D eigenvalue weighted by molar-refractivity contribution is 5.79. The van der Waals surface area contributed by atoms with Gasteiger partial charge in [-0.3, -0.25) is 0 Å². The second-order valence-corrected chi connectivity index (χ2v) is 6.32. The Kier molecular flexibility index (Phi) is 14.9. The normalized spacial score (nSPS) is 11.5. The van der Waals surface area contributed by atoms with Crippen LogP contribution in [0.5, 0.6) is 0 Å². The third-order valence-corrected chi connectivity index (χ3v) is 3.91. The molecular formula is C21H38N4O3. The van der Waals surface area contributed by atoms with E-state index >= 15 is 0 Å². The van der Waals surface area contributed by atoms with Crippen LogP contribution in [-0.4, -0.2) is 65.7 Å². The quantitative estimate of drug-likeness (QED) is 0.227. The van der Waals surface area contributed by atoms with Crippen molar-refractivity contribution in [1.29, 1.82) is 0 Å². The lowest BCUT2D eigenvalue weighted by atomic mass is 10.2. The molecule has 0 amide bonds. The predicted octanol–water partition coefficient (Wildman–Crippen LogP) is 2.63. The number of aliphatic imine (C=N–C) groups is 1. The Balaban J connectivity index is 2.25. The zero-order valence-electron chi connectivity index (χ0n) is 17.8. The maximum Gasteiger partial charge on any atom is 0.191 e. The lowest BCUT2D eigenvalue weighted by Gasteiger charge is -2.12. The highest BCUT2D eigenvalue weighted by Crippen LogP contribution is 2.10. The Morgan fingerprint density at radius 3 is 2.32 bits per heavy atom. The van der Waals surface area contributed by atoms with Crippen molar-refractivity contribution < 1.29 is 14.2 Å². The first-order valence-electron chi connectivity index (χ1n) is 10.3. The smallest absolute Gasteiger partial charge is 0.191 e. The van der Waals surface area contributed by atoms with Crippen LogP contribution in [0.2, 0.25) is 0 Å². The number of hydrogen-bond acceptors (Lipinski definition) is 5. The average molecular weight is 395 g/mol. The van der Waals surface area contributed by atoms with Crippen LogP contribution >= 0.6 is 0 Å². The van der Waals surface area contributed by atoms with Gasteiger partial charge in [-0.25, -0.2) is 4.99 Å². The van der Waals surface area contributed by atoms with E-state index in [1.807, 2.05) is 0 Å². The van der Waals surface area contributed by atoms with Crippen molar-refractivity contribution in [3.63, 3.8) is 0 Å². The molecule has 0 aliphatic heterocycles.